The molecule has 1 heterocycles. The lowest BCUT2D eigenvalue weighted by atomic mass is 10.0. The van der Waals surface area contributed by atoms with Crippen LogP contribution in [-0.4, -0.2) is 6.54 Å². The van der Waals surface area contributed by atoms with Gasteiger partial charge in [-0.25, -0.2) is 13.2 Å². The van der Waals surface area contributed by atoms with Crippen LogP contribution < -0.4 is 11.1 Å². The molecule has 15 heavy (non-hydrogen) atoms. The summed E-state index contributed by atoms with van der Waals surface area (Å²) in [6.07, 6.45) is 1.49. The quantitative estimate of drug-likeness (QED) is 0.557. The first-order valence-corrected chi connectivity index (χ1v) is 4.77. The summed E-state index contributed by atoms with van der Waals surface area (Å²) in [4.78, 5) is 0. The van der Waals surface area contributed by atoms with Gasteiger partial charge in [-0.05, 0) is 19.4 Å². The summed E-state index contributed by atoms with van der Waals surface area (Å²) in [5.41, 5.74) is 5.03. The maximum absolute atomic E-state index is 13.4. The molecule has 2 nitrogen and oxygen atoms in total. The molecular formula is C10H11F3N2. The minimum Gasteiger partial charge on any atom is -0.396 e. The average molecular weight is 216 g/mol. The van der Waals surface area contributed by atoms with Crippen LogP contribution in [0, 0.1) is 17.5 Å². The van der Waals surface area contributed by atoms with Crippen molar-refractivity contribution in [2.24, 2.45) is 0 Å². The normalized spacial score (nSPS) is 20.9. The molecule has 0 radical (unpaired) electrons. The van der Waals surface area contributed by atoms with Gasteiger partial charge in [0, 0.05) is 17.7 Å². The van der Waals surface area contributed by atoms with E-state index in [-0.39, 0.29) is 17.3 Å². The van der Waals surface area contributed by atoms with Crippen molar-refractivity contribution in [3.8, 4) is 0 Å². The molecule has 0 amide bonds. The van der Waals surface area contributed by atoms with Gasteiger partial charge in [0.15, 0.2) is 11.6 Å². The highest BCUT2D eigenvalue weighted by molar-refractivity contribution is 5.51. The topological polar surface area (TPSA) is 38.0 Å². The minimum absolute atomic E-state index is 0.0787. The molecule has 0 unspecified atom stereocenters. The molecule has 0 spiro atoms. The van der Waals surface area contributed by atoms with E-state index in [2.05, 4.69) is 5.32 Å². The molecule has 0 saturated carbocycles. The lowest BCUT2D eigenvalue weighted by Crippen LogP contribution is -2.17. The van der Waals surface area contributed by atoms with Gasteiger partial charge in [-0.3, -0.25) is 0 Å². The maximum Gasteiger partial charge on any atom is 0.165 e. The van der Waals surface area contributed by atoms with E-state index in [4.69, 9.17) is 5.73 Å². The molecule has 1 saturated heterocycles. The van der Waals surface area contributed by atoms with Gasteiger partial charge in [0.05, 0.1) is 5.69 Å². The van der Waals surface area contributed by atoms with Gasteiger partial charge in [-0.1, -0.05) is 0 Å². The molecule has 1 fully saturated rings. The van der Waals surface area contributed by atoms with Crippen molar-refractivity contribution in [2.45, 2.75) is 18.9 Å². The highest BCUT2D eigenvalue weighted by atomic mass is 19.2. The number of hydrogen-bond donors (Lipinski definition) is 2. The highest BCUT2D eigenvalue weighted by Crippen LogP contribution is 2.32. The second kappa shape index (κ2) is 3.73. The Balaban J connectivity index is 2.52. The predicted molar refractivity (Wildman–Crippen MR) is 50.7 cm³/mol. The molecule has 0 aromatic heterocycles. The zero-order valence-electron chi connectivity index (χ0n) is 7.99. The Morgan fingerprint density at radius 1 is 1.27 bits per heavy atom. The van der Waals surface area contributed by atoms with Gasteiger partial charge in [0.2, 0.25) is 0 Å². The van der Waals surface area contributed by atoms with Crippen LogP contribution in [0.2, 0.25) is 0 Å². The minimum atomic E-state index is -1.19. The number of nitrogens with two attached hydrogens (primary N) is 1. The van der Waals surface area contributed by atoms with E-state index in [1.807, 2.05) is 0 Å². The smallest absolute Gasteiger partial charge is 0.165 e. The van der Waals surface area contributed by atoms with E-state index in [9.17, 15) is 13.2 Å². The molecular weight excluding hydrogens is 205 g/mol. The molecule has 1 aliphatic rings. The van der Waals surface area contributed by atoms with Crippen LogP contribution in [0.4, 0.5) is 18.9 Å². The maximum atomic E-state index is 13.4. The van der Waals surface area contributed by atoms with Crippen molar-refractivity contribution < 1.29 is 13.2 Å². The van der Waals surface area contributed by atoms with E-state index in [1.165, 1.54) is 0 Å². The zero-order chi connectivity index (χ0) is 11.0. The average Bonchev–Trinajstić information content (AvgIpc) is 2.69. The summed E-state index contributed by atoms with van der Waals surface area (Å²) in [5.74, 6) is -3.14. The first-order chi connectivity index (χ1) is 7.11. The van der Waals surface area contributed by atoms with E-state index < -0.39 is 17.5 Å². The summed E-state index contributed by atoms with van der Waals surface area (Å²) in [6, 6.07) is 0.0959. The zero-order valence-corrected chi connectivity index (χ0v) is 7.99. The van der Waals surface area contributed by atoms with Crippen molar-refractivity contribution in [3.05, 3.63) is 29.1 Å². The first-order valence-electron chi connectivity index (χ1n) is 4.77. The van der Waals surface area contributed by atoms with Gasteiger partial charge in [-0.2, -0.15) is 0 Å². The standard InChI is InChI=1S/C10H11F3N2/c11-5-4-6(12)10(14)8(9(5)13)7-2-1-3-15-7/h4,7,15H,1-3,14H2/t7-/m1/s1. The van der Waals surface area contributed by atoms with Gasteiger partial charge in [0.25, 0.3) is 0 Å². The van der Waals surface area contributed by atoms with E-state index >= 15 is 0 Å². The van der Waals surface area contributed by atoms with Crippen LogP contribution in [0.3, 0.4) is 0 Å². The fourth-order valence-electron chi connectivity index (χ4n) is 1.90. The SMILES string of the molecule is Nc1c(F)cc(F)c(F)c1[C@H]1CCCN1. The molecule has 1 atom stereocenters. The second-order valence-electron chi connectivity index (χ2n) is 3.63. The molecule has 1 aromatic rings. The van der Waals surface area contributed by atoms with Gasteiger partial charge in [-0.15, -0.1) is 0 Å². The fourth-order valence-corrected chi connectivity index (χ4v) is 1.90. The number of nitrogen functional groups attached to an aromatic ring is 1. The van der Waals surface area contributed by atoms with Crippen LogP contribution >= 0.6 is 0 Å². The summed E-state index contributed by atoms with van der Waals surface area (Å²) < 4.78 is 39.5. The van der Waals surface area contributed by atoms with Crippen molar-refractivity contribution in [2.75, 3.05) is 12.3 Å². The third-order valence-corrected chi connectivity index (χ3v) is 2.66. The van der Waals surface area contributed by atoms with Crippen molar-refractivity contribution >= 4 is 5.69 Å². The second-order valence-corrected chi connectivity index (χ2v) is 3.63. The van der Waals surface area contributed by atoms with E-state index in [1.54, 1.807) is 0 Å². The summed E-state index contributed by atoms with van der Waals surface area (Å²) in [6.45, 7) is 0.710. The Kier molecular flexibility index (Phi) is 2.56. The number of rotatable bonds is 1. The van der Waals surface area contributed by atoms with E-state index in [0.29, 0.717) is 19.0 Å². The van der Waals surface area contributed by atoms with Crippen LogP contribution in [0.5, 0.6) is 0 Å². The fraction of sp³-hybridized carbons (Fsp3) is 0.400. The van der Waals surface area contributed by atoms with Crippen LogP contribution in [0.25, 0.3) is 0 Å². The molecule has 5 heteroatoms. The Bertz CT molecular complexity index is 360. The van der Waals surface area contributed by atoms with Gasteiger partial charge >= 0.3 is 0 Å². The first kappa shape index (κ1) is 10.3. The Morgan fingerprint density at radius 2 is 2.00 bits per heavy atom. The third-order valence-electron chi connectivity index (χ3n) is 2.66. The Hall–Kier alpha value is -1.23. The molecule has 1 aromatic carbocycles. The number of halogens is 3. The Labute approximate surface area is 85.3 Å². The van der Waals surface area contributed by atoms with Gasteiger partial charge in [0.1, 0.15) is 5.82 Å². The van der Waals surface area contributed by atoms with Gasteiger partial charge < -0.3 is 11.1 Å². The lowest BCUT2D eigenvalue weighted by molar-refractivity contribution is 0.470. The molecule has 3 N–H and O–H groups in total. The molecule has 82 valence electrons. The highest BCUT2D eigenvalue weighted by Gasteiger charge is 2.26. The third kappa shape index (κ3) is 1.67. The predicted octanol–water partition coefficient (Wildman–Crippen LogP) is 2.11. The summed E-state index contributed by atoms with van der Waals surface area (Å²) in [5, 5.41) is 2.96. The van der Waals surface area contributed by atoms with E-state index in [0.717, 1.165) is 6.42 Å². The lowest BCUT2D eigenvalue weighted by Gasteiger charge is -2.15. The van der Waals surface area contributed by atoms with Crippen molar-refractivity contribution in [1.82, 2.24) is 5.32 Å². The summed E-state index contributed by atoms with van der Waals surface area (Å²) >= 11 is 0. The number of nitrogens with one attached hydrogen (secondary N) is 1. The number of benzene rings is 1. The van der Waals surface area contributed by atoms with Crippen LogP contribution in [0.1, 0.15) is 24.4 Å². The van der Waals surface area contributed by atoms with Crippen molar-refractivity contribution in [3.63, 3.8) is 0 Å². The van der Waals surface area contributed by atoms with Crippen LogP contribution in [-0.2, 0) is 0 Å². The monoisotopic (exact) mass is 216 g/mol. The molecule has 0 bridgehead atoms. The largest absolute Gasteiger partial charge is 0.396 e. The molecule has 2 rings (SSSR count). The summed E-state index contributed by atoms with van der Waals surface area (Å²) in [7, 11) is 0. The molecule has 1 aliphatic heterocycles. The Morgan fingerprint density at radius 3 is 2.60 bits per heavy atom. The number of anilines is 1. The number of hydrogen-bond acceptors (Lipinski definition) is 2. The van der Waals surface area contributed by atoms with Crippen molar-refractivity contribution in [1.29, 1.82) is 0 Å². The van der Waals surface area contributed by atoms with Crippen LogP contribution in [0.15, 0.2) is 6.07 Å². The molecule has 0 aliphatic carbocycles.